The number of carbonyl (C=O) groups excluding carboxylic acids is 1. The van der Waals surface area contributed by atoms with Crippen LogP contribution >= 0.6 is 0 Å². The van der Waals surface area contributed by atoms with E-state index in [0.29, 0.717) is 0 Å². The Morgan fingerprint density at radius 1 is 1.47 bits per heavy atom. The molecule has 0 aliphatic heterocycles. The van der Waals surface area contributed by atoms with Gasteiger partial charge in [-0.2, -0.15) is 4.68 Å². The zero-order valence-corrected chi connectivity index (χ0v) is 9.64. The summed E-state index contributed by atoms with van der Waals surface area (Å²) in [6.07, 6.45) is 0. The lowest BCUT2D eigenvalue weighted by Gasteiger charge is -2.03. The van der Waals surface area contributed by atoms with Gasteiger partial charge in [-0.05, 0) is 24.6 Å². The van der Waals surface area contributed by atoms with Crippen molar-refractivity contribution in [2.45, 2.75) is 6.92 Å². The second-order valence-electron chi connectivity index (χ2n) is 3.65. The van der Waals surface area contributed by atoms with Crippen molar-refractivity contribution < 1.29 is 4.79 Å². The van der Waals surface area contributed by atoms with Gasteiger partial charge < -0.3 is 11.1 Å². The maximum Gasteiger partial charge on any atom is 0.275 e. The van der Waals surface area contributed by atoms with Crippen LogP contribution in [0, 0.1) is 6.92 Å². The SMILES string of the molecule is CNC(=O)c1nnn(-c2cccc(C)c2)c1N. The molecule has 0 radical (unpaired) electrons. The van der Waals surface area contributed by atoms with Crippen LogP contribution in [0.2, 0.25) is 0 Å². The van der Waals surface area contributed by atoms with Crippen LogP contribution in [0.1, 0.15) is 16.1 Å². The summed E-state index contributed by atoms with van der Waals surface area (Å²) in [4.78, 5) is 11.4. The number of carbonyl (C=O) groups is 1. The molecule has 0 atom stereocenters. The highest BCUT2D eigenvalue weighted by Crippen LogP contribution is 2.15. The van der Waals surface area contributed by atoms with Crippen molar-refractivity contribution in [1.29, 1.82) is 0 Å². The number of benzene rings is 1. The van der Waals surface area contributed by atoms with E-state index in [2.05, 4.69) is 15.6 Å². The summed E-state index contributed by atoms with van der Waals surface area (Å²) in [6.45, 7) is 1.97. The van der Waals surface area contributed by atoms with E-state index in [9.17, 15) is 4.79 Å². The Hall–Kier alpha value is -2.37. The third-order valence-corrected chi connectivity index (χ3v) is 2.39. The monoisotopic (exact) mass is 231 g/mol. The number of nitrogens with two attached hydrogens (primary N) is 1. The summed E-state index contributed by atoms with van der Waals surface area (Å²) < 4.78 is 1.44. The molecule has 0 aliphatic rings. The van der Waals surface area contributed by atoms with E-state index >= 15 is 0 Å². The Morgan fingerprint density at radius 3 is 2.88 bits per heavy atom. The Labute approximate surface area is 98.4 Å². The highest BCUT2D eigenvalue weighted by molar-refractivity contribution is 5.96. The molecule has 0 fully saturated rings. The summed E-state index contributed by atoms with van der Waals surface area (Å²) in [5, 5.41) is 10.1. The molecule has 0 saturated heterocycles. The molecule has 1 aromatic carbocycles. The van der Waals surface area contributed by atoms with Crippen LogP contribution in [0.4, 0.5) is 5.82 Å². The van der Waals surface area contributed by atoms with Crippen LogP contribution in [0.5, 0.6) is 0 Å². The number of hydrogen-bond donors (Lipinski definition) is 2. The van der Waals surface area contributed by atoms with Crippen molar-refractivity contribution in [3.05, 3.63) is 35.5 Å². The molecule has 6 heteroatoms. The number of hydrogen-bond acceptors (Lipinski definition) is 4. The number of nitrogens with one attached hydrogen (secondary N) is 1. The molecular formula is C11H13N5O. The number of aryl methyl sites for hydroxylation is 1. The van der Waals surface area contributed by atoms with Crippen molar-refractivity contribution in [2.75, 3.05) is 12.8 Å². The first-order chi connectivity index (χ1) is 8.13. The molecule has 0 bridgehead atoms. The predicted molar refractivity (Wildman–Crippen MR) is 63.9 cm³/mol. The standard InChI is InChI=1S/C11H13N5O/c1-7-4-3-5-8(6-7)16-10(12)9(14-15-16)11(17)13-2/h3-6H,12H2,1-2H3,(H,13,17). The van der Waals surface area contributed by atoms with E-state index in [1.807, 2.05) is 31.2 Å². The third kappa shape index (κ3) is 1.96. The Bertz CT molecular complexity index is 561. The van der Waals surface area contributed by atoms with Crippen LogP contribution < -0.4 is 11.1 Å². The van der Waals surface area contributed by atoms with Gasteiger partial charge in [-0.3, -0.25) is 4.79 Å². The molecule has 17 heavy (non-hydrogen) atoms. The first-order valence-electron chi connectivity index (χ1n) is 5.13. The summed E-state index contributed by atoms with van der Waals surface area (Å²) in [5.74, 6) is -0.114. The molecule has 1 aromatic heterocycles. The molecule has 0 saturated carbocycles. The zero-order valence-electron chi connectivity index (χ0n) is 9.64. The van der Waals surface area contributed by atoms with Crippen LogP contribution in [-0.4, -0.2) is 27.9 Å². The summed E-state index contributed by atoms with van der Waals surface area (Å²) in [5.41, 5.74) is 7.84. The molecule has 88 valence electrons. The number of rotatable bonds is 2. The fourth-order valence-electron chi connectivity index (χ4n) is 1.52. The van der Waals surface area contributed by atoms with E-state index in [1.54, 1.807) is 0 Å². The first-order valence-corrected chi connectivity index (χ1v) is 5.13. The van der Waals surface area contributed by atoms with Gasteiger partial charge in [0.2, 0.25) is 0 Å². The Kier molecular flexibility index (Phi) is 2.78. The Balaban J connectivity index is 2.48. The van der Waals surface area contributed by atoms with Gasteiger partial charge in [-0.25, -0.2) is 0 Å². The van der Waals surface area contributed by atoms with Crippen LogP contribution in [0.15, 0.2) is 24.3 Å². The fraction of sp³-hybridized carbons (Fsp3) is 0.182. The van der Waals surface area contributed by atoms with Crippen molar-refractivity contribution in [3.63, 3.8) is 0 Å². The molecule has 2 rings (SSSR count). The van der Waals surface area contributed by atoms with Crippen molar-refractivity contribution in [1.82, 2.24) is 20.3 Å². The lowest BCUT2D eigenvalue weighted by atomic mass is 10.2. The zero-order chi connectivity index (χ0) is 12.4. The molecule has 0 aliphatic carbocycles. The van der Waals surface area contributed by atoms with E-state index in [4.69, 9.17) is 5.73 Å². The summed E-state index contributed by atoms with van der Waals surface area (Å²) >= 11 is 0. The number of aromatic nitrogens is 3. The normalized spacial score (nSPS) is 10.2. The third-order valence-electron chi connectivity index (χ3n) is 2.39. The number of amides is 1. The van der Waals surface area contributed by atoms with E-state index in [0.717, 1.165) is 11.3 Å². The van der Waals surface area contributed by atoms with Crippen LogP contribution in [-0.2, 0) is 0 Å². The van der Waals surface area contributed by atoms with Gasteiger partial charge in [0.15, 0.2) is 11.5 Å². The van der Waals surface area contributed by atoms with E-state index < -0.39 is 0 Å². The van der Waals surface area contributed by atoms with Crippen molar-refractivity contribution in [3.8, 4) is 5.69 Å². The van der Waals surface area contributed by atoms with Gasteiger partial charge in [-0.15, -0.1) is 5.10 Å². The van der Waals surface area contributed by atoms with Crippen LogP contribution in [0.25, 0.3) is 5.69 Å². The molecule has 2 aromatic rings. The topological polar surface area (TPSA) is 85.8 Å². The van der Waals surface area contributed by atoms with Gasteiger partial charge in [0.05, 0.1) is 5.69 Å². The smallest absolute Gasteiger partial charge is 0.275 e. The lowest BCUT2D eigenvalue weighted by molar-refractivity contribution is 0.0959. The van der Waals surface area contributed by atoms with Crippen molar-refractivity contribution in [2.24, 2.45) is 0 Å². The van der Waals surface area contributed by atoms with Gasteiger partial charge in [0.25, 0.3) is 5.91 Å². The minimum Gasteiger partial charge on any atom is -0.382 e. The van der Waals surface area contributed by atoms with Gasteiger partial charge in [0.1, 0.15) is 0 Å². The van der Waals surface area contributed by atoms with Crippen LogP contribution in [0.3, 0.4) is 0 Å². The van der Waals surface area contributed by atoms with Gasteiger partial charge in [-0.1, -0.05) is 17.3 Å². The second-order valence-corrected chi connectivity index (χ2v) is 3.65. The number of anilines is 1. The van der Waals surface area contributed by atoms with E-state index in [1.165, 1.54) is 11.7 Å². The quantitative estimate of drug-likeness (QED) is 0.788. The predicted octanol–water partition coefficient (Wildman–Crippen LogP) is 0.518. The average Bonchev–Trinajstić information content (AvgIpc) is 2.70. The minimum atomic E-state index is -0.346. The Morgan fingerprint density at radius 2 is 2.24 bits per heavy atom. The molecule has 1 heterocycles. The summed E-state index contributed by atoms with van der Waals surface area (Å²) in [6, 6.07) is 7.63. The summed E-state index contributed by atoms with van der Waals surface area (Å²) in [7, 11) is 1.52. The maximum absolute atomic E-state index is 11.4. The highest BCUT2D eigenvalue weighted by atomic mass is 16.1. The van der Waals surface area contributed by atoms with Gasteiger partial charge in [0, 0.05) is 7.05 Å². The van der Waals surface area contributed by atoms with E-state index in [-0.39, 0.29) is 17.4 Å². The fourth-order valence-corrected chi connectivity index (χ4v) is 1.52. The molecule has 1 amide bonds. The second kappa shape index (κ2) is 4.25. The highest BCUT2D eigenvalue weighted by Gasteiger charge is 2.16. The minimum absolute atomic E-state index is 0.133. The molecule has 3 N–H and O–H groups in total. The average molecular weight is 231 g/mol. The molecule has 0 spiro atoms. The van der Waals surface area contributed by atoms with Gasteiger partial charge >= 0.3 is 0 Å². The molecule has 6 nitrogen and oxygen atoms in total. The molecule has 0 unspecified atom stereocenters. The number of nitrogen functional groups attached to an aromatic ring is 1. The first kappa shape index (κ1) is 11.1. The molecular weight excluding hydrogens is 218 g/mol. The largest absolute Gasteiger partial charge is 0.382 e. The van der Waals surface area contributed by atoms with Crippen molar-refractivity contribution >= 4 is 11.7 Å². The lowest BCUT2D eigenvalue weighted by Crippen LogP contribution is -2.19. The maximum atomic E-state index is 11.4. The number of nitrogens with zero attached hydrogens (tertiary/aromatic N) is 3.